The van der Waals surface area contributed by atoms with Crippen molar-refractivity contribution in [3.8, 4) is 0 Å². The lowest BCUT2D eigenvalue weighted by molar-refractivity contribution is -0.143. The maximum absolute atomic E-state index is 13.3. The van der Waals surface area contributed by atoms with Crippen LogP contribution in [-0.4, -0.2) is 29.1 Å². The molecular weight excluding hydrogens is 367 g/mol. The van der Waals surface area contributed by atoms with Gasteiger partial charge in [0.15, 0.2) is 5.11 Å². The molecule has 1 N–H and O–H groups in total. The Balaban J connectivity index is 2.05. The molecule has 0 saturated carbocycles. The van der Waals surface area contributed by atoms with Crippen molar-refractivity contribution in [2.45, 2.75) is 19.9 Å². The number of furan rings is 1. The standard InChI is InChI=1S/C17H18ClFN2O3S/c1-2-23-16(22)7-8-21(11-13-4-3-9-24-13)17(25)20-12-5-6-15(19)14(18)10-12/h3-6,9-10H,2,7-8,11H2,1H3,(H,20,25). The Morgan fingerprint density at radius 1 is 1.44 bits per heavy atom. The second-order valence-corrected chi connectivity index (χ2v) is 5.91. The Bertz CT molecular complexity index is 725. The molecule has 1 aromatic heterocycles. The minimum absolute atomic E-state index is 0.00286. The number of hydrogen-bond donors (Lipinski definition) is 1. The van der Waals surface area contributed by atoms with Crippen LogP contribution >= 0.6 is 23.8 Å². The first kappa shape index (κ1) is 19.2. The zero-order valence-electron chi connectivity index (χ0n) is 13.6. The van der Waals surface area contributed by atoms with Crippen LogP contribution in [0.4, 0.5) is 10.1 Å². The smallest absolute Gasteiger partial charge is 0.307 e. The first-order valence-electron chi connectivity index (χ1n) is 7.68. The monoisotopic (exact) mass is 384 g/mol. The van der Waals surface area contributed by atoms with Gasteiger partial charge < -0.3 is 19.4 Å². The minimum atomic E-state index is -0.507. The highest BCUT2D eigenvalue weighted by molar-refractivity contribution is 7.80. The average molecular weight is 385 g/mol. The molecule has 2 aromatic rings. The molecule has 1 heterocycles. The highest BCUT2D eigenvalue weighted by Gasteiger charge is 2.15. The number of rotatable bonds is 7. The molecule has 8 heteroatoms. The first-order valence-corrected chi connectivity index (χ1v) is 8.47. The largest absolute Gasteiger partial charge is 0.467 e. The third-order valence-electron chi connectivity index (χ3n) is 3.28. The predicted molar refractivity (Wildman–Crippen MR) is 98.0 cm³/mol. The molecule has 0 radical (unpaired) electrons. The summed E-state index contributed by atoms with van der Waals surface area (Å²) in [4.78, 5) is 13.4. The van der Waals surface area contributed by atoms with Crippen molar-refractivity contribution < 1.29 is 18.3 Å². The van der Waals surface area contributed by atoms with Gasteiger partial charge in [0.1, 0.15) is 11.6 Å². The van der Waals surface area contributed by atoms with Crippen LogP contribution in [0.2, 0.25) is 5.02 Å². The van der Waals surface area contributed by atoms with Gasteiger partial charge in [-0.05, 0) is 49.5 Å². The maximum Gasteiger partial charge on any atom is 0.307 e. The summed E-state index contributed by atoms with van der Waals surface area (Å²) in [5.74, 6) is -0.113. The number of hydrogen-bond acceptors (Lipinski definition) is 4. The number of carbonyl (C=O) groups is 1. The van der Waals surface area contributed by atoms with Gasteiger partial charge in [0.2, 0.25) is 0 Å². The van der Waals surface area contributed by atoms with Gasteiger partial charge in [0.25, 0.3) is 0 Å². The zero-order valence-corrected chi connectivity index (χ0v) is 15.2. The van der Waals surface area contributed by atoms with Crippen LogP contribution in [-0.2, 0) is 16.1 Å². The molecule has 0 unspecified atom stereocenters. The van der Waals surface area contributed by atoms with E-state index in [0.29, 0.717) is 36.3 Å². The highest BCUT2D eigenvalue weighted by Crippen LogP contribution is 2.20. The minimum Gasteiger partial charge on any atom is -0.467 e. The van der Waals surface area contributed by atoms with Crippen LogP contribution in [0.15, 0.2) is 41.0 Å². The Hall–Kier alpha value is -2.12. The van der Waals surface area contributed by atoms with Crippen molar-refractivity contribution in [3.63, 3.8) is 0 Å². The quantitative estimate of drug-likeness (QED) is 0.569. The van der Waals surface area contributed by atoms with E-state index in [0.717, 1.165) is 0 Å². The molecule has 0 aliphatic heterocycles. The molecule has 5 nitrogen and oxygen atoms in total. The topological polar surface area (TPSA) is 54.7 Å². The summed E-state index contributed by atoms with van der Waals surface area (Å²) in [7, 11) is 0. The van der Waals surface area contributed by atoms with Gasteiger partial charge in [-0.15, -0.1) is 0 Å². The summed E-state index contributed by atoms with van der Waals surface area (Å²) >= 11 is 11.2. The number of anilines is 1. The van der Waals surface area contributed by atoms with E-state index >= 15 is 0 Å². The molecule has 25 heavy (non-hydrogen) atoms. The fraction of sp³-hybridized carbons (Fsp3) is 0.294. The average Bonchev–Trinajstić information content (AvgIpc) is 3.08. The van der Waals surface area contributed by atoms with Crippen molar-refractivity contribution in [3.05, 3.63) is 53.2 Å². The third kappa shape index (κ3) is 6.03. The molecule has 0 saturated heterocycles. The fourth-order valence-electron chi connectivity index (χ4n) is 2.08. The van der Waals surface area contributed by atoms with E-state index in [9.17, 15) is 9.18 Å². The molecule has 134 valence electrons. The van der Waals surface area contributed by atoms with E-state index < -0.39 is 5.82 Å². The summed E-state index contributed by atoms with van der Waals surface area (Å²) in [6.45, 7) is 2.81. The number of nitrogens with one attached hydrogen (secondary N) is 1. The lowest BCUT2D eigenvalue weighted by Crippen LogP contribution is -2.36. The van der Waals surface area contributed by atoms with E-state index in [1.165, 1.54) is 18.2 Å². The second-order valence-electron chi connectivity index (χ2n) is 5.11. The second kappa shape index (κ2) is 9.39. The molecule has 0 atom stereocenters. The lowest BCUT2D eigenvalue weighted by atomic mass is 10.3. The zero-order chi connectivity index (χ0) is 18.2. The molecule has 2 rings (SSSR count). The van der Waals surface area contributed by atoms with Crippen LogP contribution < -0.4 is 5.32 Å². The van der Waals surface area contributed by atoms with Crippen LogP contribution in [0.25, 0.3) is 0 Å². The van der Waals surface area contributed by atoms with Crippen molar-refractivity contribution in [2.75, 3.05) is 18.5 Å². The van der Waals surface area contributed by atoms with E-state index in [-0.39, 0.29) is 17.4 Å². The SMILES string of the molecule is CCOC(=O)CCN(Cc1ccco1)C(=S)Nc1ccc(F)c(Cl)c1. The molecule has 0 aliphatic rings. The Morgan fingerprint density at radius 3 is 2.88 bits per heavy atom. The summed E-state index contributed by atoms with van der Waals surface area (Å²) in [5, 5.41) is 3.35. The molecule has 1 aromatic carbocycles. The van der Waals surface area contributed by atoms with Crippen molar-refractivity contribution in [2.24, 2.45) is 0 Å². The predicted octanol–water partition coefficient (Wildman–Crippen LogP) is 4.22. The number of ether oxygens (including phenoxy) is 1. The van der Waals surface area contributed by atoms with E-state index in [2.05, 4.69) is 5.32 Å². The summed E-state index contributed by atoms with van der Waals surface area (Å²) in [6, 6.07) is 7.82. The maximum atomic E-state index is 13.3. The molecule has 0 fully saturated rings. The van der Waals surface area contributed by atoms with Crippen LogP contribution in [0.5, 0.6) is 0 Å². The summed E-state index contributed by atoms with van der Waals surface area (Å²) < 4.78 is 23.5. The molecule has 0 bridgehead atoms. The number of nitrogens with zero attached hydrogens (tertiary/aromatic N) is 1. The summed E-state index contributed by atoms with van der Waals surface area (Å²) in [6.07, 6.45) is 1.75. The molecular formula is C17H18ClFN2O3S. The normalized spacial score (nSPS) is 10.4. The third-order valence-corrected chi connectivity index (χ3v) is 3.93. The van der Waals surface area contributed by atoms with Gasteiger partial charge in [-0.1, -0.05) is 11.6 Å². The Kier molecular flexibility index (Phi) is 7.21. The van der Waals surface area contributed by atoms with E-state index in [1.807, 2.05) is 6.07 Å². The lowest BCUT2D eigenvalue weighted by Gasteiger charge is -2.24. The first-order chi connectivity index (χ1) is 12.0. The van der Waals surface area contributed by atoms with Gasteiger partial charge in [-0.2, -0.15) is 0 Å². The van der Waals surface area contributed by atoms with Gasteiger partial charge in [0.05, 0.1) is 30.9 Å². The number of esters is 1. The summed E-state index contributed by atoms with van der Waals surface area (Å²) in [5.41, 5.74) is 0.553. The van der Waals surface area contributed by atoms with E-state index in [1.54, 1.807) is 24.2 Å². The van der Waals surface area contributed by atoms with Gasteiger partial charge in [-0.25, -0.2) is 4.39 Å². The van der Waals surface area contributed by atoms with E-state index in [4.69, 9.17) is 33.0 Å². The molecule has 0 spiro atoms. The molecule has 0 aliphatic carbocycles. The Labute approximate surface area is 155 Å². The Morgan fingerprint density at radius 2 is 2.24 bits per heavy atom. The van der Waals surface area contributed by atoms with Crippen molar-refractivity contribution in [1.82, 2.24) is 4.90 Å². The van der Waals surface area contributed by atoms with Crippen molar-refractivity contribution >= 4 is 40.6 Å². The fourth-order valence-corrected chi connectivity index (χ4v) is 2.53. The van der Waals surface area contributed by atoms with Gasteiger partial charge in [0, 0.05) is 12.2 Å². The van der Waals surface area contributed by atoms with Crippen molar-refractivity contribution in [1.29, 1.82) is 0 Å². The van der Waals surface area contributed by atoms with Crippen LogP contribution in [0, 0.1) is 5.82 Å². The highest BCUT2D eigenvalue weighted by atomic mass is 35.5. The number of benzene rings is 1. The van der Waals surface area contributed by atoms with Crippen LogP contribution in [0.1, 0.15) is 19.1 Å². The van der Waals surface area contributed by atoms with Gasteiger partial charge >= 0.3 is 5.97 Å². The van der Waals surface area contributed by atoms with Crippen LogP contribution in [0.3, 0.4) is 0 Å². The number of thiocarbonyl (C=S) groups is 1. The number of halogens is 2. The van der Waals surface area contributed by atoms with Gasteiger partial charge in [-0.3, -0.25) is 4.79 Å². The molecule has 0 amide bonds. The number of carbonyl (C=O) groups excluding carboxylic acids is 1.